The van der Waals surface area contributed by atoms with Crippen molar-refractivity contribution in [3.63, 3.8) is 0 Å². The quantitative estimate of drug-likeness (QED) is 0.442. The number of hydrogen-bond donors (Lipinski definition) is 1. The van der Waals surface area contributed by atoms with Gasteiger partial charge >= 0.3 is 0 Å². The van der Waals surface area contributed by atoms with Gasteiger partial charge in [0.1, 0.15) is 0 Å². The first kappa shape index (κ1) is 22.5. The molecule has 4 saturated carbocycles. The van der Waals surface area contributed by atoms with Gasteiger partial charge < -0.3 is 5.32 Å². The molecule has 4 bridgehead atoms. The Morgan fingerprint density at radius 2 is 1.47 bits per heavy atom. The lowest BCUT2D eigenvalue weighted by Gasteiger charge is -2.57. The molecule has 0 radical (unpaired) electrons. The summed E-state index contributed by atoms with van der Waals surface area (Å²) in [6.45, 7) is 3.08. The van der Waals surface area contributed by atoms with Gasteiger partial charge in [-0.2, -0.15) is 0 Å². The van der Waals surface area contributed by atoms with Crippen LogP contribution in [0, 0.1) is 17.8 Å². The molecule has 1 heterocycles. The van der Waals surface area contributed by atoms with Crippen molar-refractivity contribution in [3.8, 4) is 0 Å². The minimum Gasteiger partial charge on any atom is -0.349 e. The highest BCUT2D eigenvalue weighted by molar-refractivity contribution is 6.00. The smallest absolute Gasteiger partial charge is 0.251 e. The molecule has 0 atom stereocenters. The van der Waals surface area contributed by atoms with Crippen LogP contribution < -0.4 is 5.32 Å². The van der Waals surface area contributed by atoms with E-state index >= 15 is 0 Å². The van der Waals surface area contributed by atoms with Crippen molar-refractivity contribution in [1.29, 1.82) is 0 Å². The van der Waals surface area contributed by atoms with E-state index in [0.717, 1.165) is 55.8 Å². The van der Waals surface area contributed by atoms with Gasteiger partial charge in [-0.15, -0.1) is 0 Å². The highest BCUT2D eigenvalue weighted by Crippen LogP contribution is 2.61. The van der Waals surface area contributed by atoms with E-state index in [1.165, 1.54) is 60.4 Å². The van der Waals surface area contributed by atoms with Crippen LogP contribution in [0.15, 0.2) is 66.7 Å². The number of piperidine rings is 1. The monoisotopic (exact) mass is 478 g/mol. The van der Waals surface area contributed by atoms with Crippen LogP contribution in [-0.4, -0.2) is 29.9 Å². The lowest BCUT2D eigenvalue weighted by atomic mass is 9.47. The number of rotatable bonds is 5. The zero-order valence-electron chi connectivity index (χ0n) is 21.3. The van der Waals surface area contributed by atoms with Crippen LogP contribution in [0.4, 0.5) is 0 Å². The number of nitrogens with one attached hydrogen (secondary N) is 1. The average Bonchev–Trinajstić information content (AvgIpc) is 2.89. The van der Waals surface area contributed by atoms with E-state index in [4.69, 9.17) is 0 Å². The van der Waals surface area contributed by atoms with Crippen LogP contribution in [0.3, 0.4) is 0 Å². The van der Waals surface area contributed by atoms with E-state index in [9.17, 15) is 4.79 Å². The lowest BCUT2D eigenvalue weighted by molar-refractivity contribution is -0.00451. The van der Waals surface area contributed by atoms with Crippen molar-refractivity contribution in [2.45, 2.75) is 69.4 Å². The minimum absolute atomic E-state index is 0.119. The van der Waals surface area contributed by atoms with Crippen LogP contribution >= 0.6 is 0 Å². The second-order valence-corrected chi connectivity index (χ2v) is 12.5. The summed E-state index contributed by atoms with van der Waals surface area (Å²) >= 11 is 0. The van der Waals surface area contributed by atoms with Gasteiger partial charge in [-0.1, -0.05) is 54.6 Å². The van der Waals surface area contributed by atoms with Gasteiger partial charge in [0, 0.05) is 31.2 Å². The SMILES string of the molecule is O=C(NC1CCN(Cc2ccccc2)CC1)c1cc(C23CC4CC(CC(C4)C2)C3)c2ccccc2c1. The van der Waals surface area contributed by atoms with E-state index in [2.05, 4.69) is 76.9 Å². The molecule has 5 fully saturated rings. The van der Waals surface area contributed by atoms with E-state index < -0.39 is 0 Å². The maximum absolute atomic E-state index is 13.6. The molecule has 3 aromatic rings. The van der Waals surface area contributed by atoms with Gasteiger partial charge in [0.2, 0.25) is 0 Å². The van der Waals surface area contributed by atoms with Crippen molar-refractivity contribution in [2.75, 3.05) is 13.1 Å². The normalized spacial score (nSPS) is 30.1. The Hall–Kier alpha value is -2.65. The Morgan fingerprint density at radius 1 is 0.833 bits per heavy atom. The number of amides is 1. The van der Waals surface area contributed by atoms with Gasteiger partial charge in [-0.25, -0.2) is 0 Å². The lowest BCUT2D eigenvalue weighted by Crippen LogP contribution is -2.48. The zero-order valence-corrected chi connectivity index (χ0v) is 21.3. The van der Waals surface area contributed by atoms with Crippen molar-refractivity contribution >= 4 is 16.7 Å². The van der Waals surface area contributed by atoms with Crippen LogP contribution in [0.2, 0.25) is 0 Å². The first-order valence-corrected chi connectivity index (χ1v) is 14.2. The van der Waals surface area contributed by atoms with Crippen LogP contribution in [0.25, 0.3) is 10.8 Å². The van der Waals surface area contributed by atoms with E-state index in [-0.39, 0.29) is 17.4 Å². The van der Waals surface area contributed by atoms with Gasteiger partial charge in [-0.05, 0) is 109 Å². The molecule has 3 aromatic carbocycles. The summed E-state index contributed by atoms with van der Waals surface area (Å²) in [5.74, 6) is 2.81. The summed E-state index contributed by atoms with van der Waals surface area (Å²) in [5.41, 5.74) is 4.00. The largest absolute Gasteiger partial charge is 0.349 e. The van der Waals surface area contributed by atoms with Gasteiger partial charge in [0.25, 0.3) is 5.91 Å². The van der Waals surface area contributed by atoms with E-state index in [0.29, 0.717) is 0 Å². The Labute approximate surface area is 215 Å². The maximum atomic E-state index is 13.6. The molecule has 8 rings (SSSR count). The molecule has 1 amide bonds. The summed E-state index contributed by atoms with van der Waals surface area (Å²) in [4.78, 5) is 16.1. The molecule has 1 N–H and O–H groups in total. The molecule has 36 heavy (non-hydrogen) atoms. The topological polar surface area (TPSA) is 32.3 Å². The second-order valence-electron chi connectivity index (χ2n) is 12.5. The van der Waals surface area contributed by atoms with Crippen molar-refractivity contribution in [3.05, 3.63) is 83.4 Å². The number of hydrogen-bond acceptors (Lipinski definition) is 2. The first-order chi connectivity index (χ1) is 17.6. The summed E-state index contributed by atoms with van der Waals surface area (Å²) in [6, 6.07) is 24.2. The molecule has 3 heteroatoms. The average molecular weight is 479 g/mol. The standard InChI is InChI=1S/C33H38N2O/c36-32(34-29-10-12-35(13-11-29)22-23-6-2-1-3-7-23)28-17-27-8-4-5-9-30(27)31(18-28)33-19-24-14-25(20-33)16-26(15-24)21-33/h1-9,17-18,24-26,29H,10-16,19-22H2,(H,34,36). The Morgan fingerprint density at radius 3 is 2.17 bits per heavy atom. The predicted molar refractivity (Wildman–Crippen MR) is 146 cm³/mol. The first-order valence-electron chi connectivity index (χ1n) is 14.2. The Bertz CT molecular complexity index is 1220. The van der Waals surface area contributed by atoms with Crippen molar-refractivity contribution in [1.82, 2.24) is 10.2 Å². The number of fused-ring (bicyclic) bond motifs is 1. The molecular weight excluding hydrogens is 440 g/mol. The van der Waals surface area contributed by atoms with Gasteiger partial charge in [-0.3, -0.25) is 9.69 Å². The molecule has 0 unspecified atom stereocenters. The third kappa shape index (κ3) is 4.16. The number of nitrogens with zero attached hydrogens (tertiary/aromatic N) is 1. The van der Waals surface area contributed by atoms with Gasteiger partial charge in [0.15, 0.2) is 0 Å². The highest BCUT2D eigenvalue weighted by Gasteiger charge is 2.52. The molecule has 0 spiro atoms. The fourth-order valence-electron chi connectivity index (χ4n) is 8.67. The fourth-order valence-corrected chi connectivity index (χ4v) is 8.67. The maximum Gasteiger partial charge on any atom is 0.251 e. The highest BCUT2D eigenvalue weighted by atomic mass is 16.1. The van der Waals surface area contributed by atoms with Crippen LogP contribution in [-0.2, 0) is 12.0 Å². The third-order valence-corrected chi connectivity index (χ3v) is 9.91. The number of benzene rings is 3. The summed E-state index contributed by atoms with van der Waals surface area (Å²) in [7, 11) is 0. The van der Waals surface area contributed by atoms with E-state index in [1.54, 1.807) is 0 Å². The van der Waals surface area contributed by atoms with Crippen molar-refractivity contribution in [2.24, 2.45) is 17.8 Å². The minimum atomic E-state index is 0.119. The molecule has 186 valence electrons. The molecule has 1 aliphatic heterocycles. The number of carbonyl (C=O) groups excluding carboxylic acids is 1. The van der Waals surface area contributed by atoms with Gasteiger partial charge in [0.05, 0.1) is 0 Å². The summed E-state index contributed by atoms with van der Waals surface area (Å²) in [5, 5.41) is 6.03. The molecule has 4 aliphatic carbocycles. The Balaban J connectivity index is 1.10. The number of carbonyl (C=O) groups is 1. The molecule has 3 nitrogen and oxygen atoms in total. The third-order valence-electron chi connectivity index (χ3n) is 9.91. The second kappa shape index (κ2) is 9.03. The van der Waals surface area contributed by atoms with Crippen LogP contribution in [0.5, 0.6) is 0 Å². The summed E-state index contributed by atoms with van der Waals surface area (Å²) in [6.07, 6.45) is 10.4. The molecule has 5 aliphatic rings. The fraction of sp³-hybridized carbons (Fsp3) is 0.485. The van der Waals surface area contributed by atoms with Crippen LogP contribution in [0.1, 0.15) is 72.9 Å². The van der Waals surface area contributed by atoms with E-state index in [1.807, 2.05) is 0 Å². The molecular formula is C33H38N2O. The molecule has 1 saturated heterocycles. The Kier molecular flexibility index (Phi) is 5.65. The zero-order chi connectivity index (χ0) is 24.1. The number of likely N-dealkylation sites (tertiary alicyclic amines) is 1. The summed E-state index contributed by atoms with van der Waals surface area (Å²) < 4.78 is 0. The predicted octanol–water partition coefficient (Wildman–Crippen LogP) is 6.70. The van der Waals surface area contributed by atoms with Crippen molar-refractivity contribution < 1.29 is 4.79 Å². The molecule has 0 aromatic heterocycles.